The van der Waals surface area contributed by atoms with Crippen molar-refractivity contribution in [1.29, 1.82) is 0 Å². The van der Waals surface area contributed by atoms with Crippen LogP contribution in [0, 0.1) is 0 Å². The van der Waals surface area contributed by atoms with Gasteiger partial charge < -0.3 is 4.74 Å². The first-order valence-electron chi connectivity index (χ1n) is 4.91. The molecule has 0 heterocycles. The summed E-state index contributed by atoms with van der Waals surface area (Å²) in [6.45, 7) is 10.1. The van der Waals surface area contributed by atoms with Gasteiger partial charge in [-0.05, 0) is 13.8 Å². The SMILES string of the molecule is C.CCCCCC.CCOCC. The molecule has 1 heteroatoms. The van der Waals surface area contributed by atoms with Gasteiger partial charge in [-0.25, -0.2) is 0 Å². The fourth-order valence-corrected chi connectivity index (χ4v) is 0.704. The third-order valence-electron chi connectivity index (χ3n) is 1.37. The van der Waals surface area contributed by atoms with E-state index in [1.165, 1.54) is 25.7 Å². The van der Waals surface area contributed by atoms with E-state index in [1.807, 2.05) is 13.8 Å². The average molecular weight is 176 g/mol. The van der Waals surface area contributed by atoms with E-state index in [0.717, 1.165) is 13.2 Å². The van der Waals surface area contributed by atoms with Gasteiger partial charge in [-0.3, -0.25) is 0 Å². The maximum Gasteiger partial charge on any atom is 0.0437 e. The lowest BCUT2D eigenvalue weighted by Crippen LogP contribution is -1.84. The second kappa shape index (κ2) is 22.4. The molecule has 0 aromatic heterocycles. The van der Waals surface area contributed by atoms with Gasteiger partial charge in [0, 0.05) is 13.2 Å². The lowest BCUT2D eigenvalue weighted by molar-refractivity contribution is 0.162. The molecule has 0 atom stereocenters. The van der Waals surface area contributed by atoms with E-state index in [2.05, 4.69) is 13.8 Å². The summed E-state index contributed by atoms with van der Waals surface area (Å²) in [5.41, 5.74) is 0. The van der Waals surface area contributed by atoms with Crippen LogP contribution < -0.4 is 0 Å². The van der Waals surface area contributed by atoms with E-state index in [0.29, 0.717) is 0 Å². The van der Waals surface area contributed by atoms with E-state index in [-0.39, 0.29) is 7.43 Å². The van der Waals surface area contributed by atoms with Crippen LogP contribution in [0.15, 0.2) is 0 Å². The lowest BCUT2D eigenvalue weighted by Gasteiger charge is -1.86. The second-order valence-electron chi connectivity index (χ2n) is 2.49. The molecule has 0 rings (SSSR count). The zero-order valence-electron chi connectivity index (χ0n) is 8.65. The van der Waals surface area contributed by atoms with E-state index in [9.17, 15) is 0 Å². The highest BCUT2D eigenvalue weighted by atomic mass is 16.5. The van der Waals surface area contributed by atoms with Crippen molar-refractivity contribution >= 4 is 0 Å². The summed E-state index contributed by atoms with van der Waals surface area (Å²) >= 11 is 0. The minimum Gasteiger partial charge on any atom is -0.382 e. The van der Waals surface area contributed by atoms with Gasteiger partial charge in [-0.15, -0.1) is 0 Å². The van der Waals surface area contributed by atoms with Crippen molar-refractivity contribution in [2.24, 2.45) is 0 Å². The van der Waals surface area contributed by atoms with E-state index >= 15 is 0 Å². The first-order valence-corrected chi connectivity index (χ1v) is 4.91. The van der Waals surface area contributed by atoms with Gasteiger partial charge in [-0.1, -0.05) is 47.0 Å². The van der Waals surface area contributed by atoms with Crippen LogP contribution >= 0.6 is 0 Å². The zero-order valence-corrected chi connectivity index (χ0v) is 8.65. The Bertz CT molecular complexity index is 38.3. The highest BCUT2D eigenvalue weighted by Gasteiger charge is 1.75. The van der Waals surface area contributed by atoms with Crippen LogP contribution in [0.5, 0.6) is 0 Å². The molecule has 0 aromatic carbocycles. The number of hydrogen-bond donors (Lipinski definition) is 0. The maximum atomic E-state index is 4.83. The largest absolute Gasteiger partial charge is 0.382 e. The third-order valence-corrected chi connectivity index (χ3v) is 1.37. The van der Waals surface area contributed by atoms with Crippen LogP contribution in [-0.2, 0) is 4.74 Å². The summed E-state index contributed by atoms with van der Waals surface area (Å²) in [5, 5.41) is 0. The number of hydrogen-bond acceptors (Lipinski definition) is 1. The van der Waals surface area contributed by atoms with Crippen molar-refractivity contribution in [2.45, 2.75) is 60.8 Å². The molecule has 0 amide bonds. The van der Waals surface area contributed by atoms with Gasteiger partial charge >= 0.3 is 0 Å². The Morgan fingerprint density at radius 2 is 1.08 bits per heavy atom. The van der Waals surface area contributed by atoms with Gasteiger partial charge in [0.15, 0.2) is 0 Å². The van der Waals surface area contributed by atoms with E-state index in [4.69, 9.17) is 4.74 Å². The summed E-state index contributed by atoms with van der Waals surface area (Å²) in [4.78, 5) is 0. The second-order valence-corrected chi connectivity index (χ2v) is 2.49. The summed E-state index contributed by atoms with van der Waals surface area (Å²) in [6.07, 6.45) is 5.54. The summed E-state index contributed by atoms with van der Waals surface area (Å²) in [7, 11) is 0. The molecule has 0 fully saturated rings. The van der Waals surface area contributed by atoms with Gasteiger partial charge in [0.1, 0.15) is 0 Å². The summed E-state index contributed by atoms with van der Waals surface area (Å²) in [5.74, 6) is 0. The van der Waals surface area contributed by atoms with Crippen molar-refractivity contribution < 1.29 is 4.74 Å². The summed E-state index contributed by atoms with van der Waals surface area (Å²) < 4.78 is 4.83. The van der Waals surface area contributed by atoms with Crippen molar-refractivity contribution in [3.05, 3.63) is 0 Å². The molecule has 0 bridgehead atoms. The molecule has 0 aromatic rings. The quantitative estimate of drug-likeness (QED) is 0.569. The van der Waals surface area contributed by atoms with Gasteiger partial charge in [-0.2, -0.15) is 0 Å². The van der Waals surface area contributed by atoms with Crippen molar-refractivity contribution in [3.63, 3.8) is 0 Å². The minimum atomic E-state index is 0. The molecule has 0 spiro atoms. The Morgan fingerprint density at radius 3 is 1.17 bits per heavy atom. The monoisotopic (exact) mass is 176 g/mol. The minimum absolute atomic E-state index is 0. The van der Waals surface area contributed by atoms with Crippen LogP contribution in [0.25, 0.3) is 0 Å². The molecular weight excluding hydrogens is 148 g/mol. The molecule has 0 radical (unpaired) electrons. The maximum absolute atomic E-state index is 4.83. The zero-order chi connectivity index (χ0) is 8.95. The Morgan fingerprint density at radius 1 is 0.750 bits per heavy atom. The number of rotatable bonds is 5. The Balaban J connectivity index is -0.000000126. The standard InChI is InChI=1S/C6H14.C4H10O.CH4/c1-3-5-6-4-2;1-3-5-4-2;/h3-6H2,1-2H3;3-4H2,1-2H3;1H4. The molecule has 0 aliphatic heterocycles. The number of ether oxygens (including phenoxy) is 1. The first kappa shape index (κ1) is 17.9. The van der Waals surface area contributed by atoms with Crippen LogP contribution in [-0.4, -0.2) is 13.2 Å². The Kier molecular flexibility index (Phi) is 33.5. The highest BCUT2D eigenvalue weighted by Crippen LogP contribution is 1.95. The molecule has 1 nitrogen and oxygen atoms in total. The van der Waals surface area contributed by atoms with Crippen molar-refractivity contribution in [1.82, 2.24) is 0 Å². The number of unbranched alkanes of at least 4 members (excludes halogenated alkanes) is 3. The van der Waals surface area contributed by atoms with Gasteiger partial charge in [0.25, 0.3) is 0 Å². The normalized spacial score (nSPS) is 8.00. The molecule has 0 saturated heterocycles. The molecule has 78 valence electrons. The molecule has 12 heavy (non-hydrogen) atoms. The molecule has 0 saturated carbocycles. The summed E-state index contributed by atoms with van der Waals surface area (Å²) in [6, 6.07) is 0. The molecule has 0 N–H and O–H groups in total. The van der Waals surface area contributed by atoms with Gasteiger partial charge in [0.2, 0.25) is 0 Å². The highest BCUT2D eigenvalue weighted by molar-refractivity contribution is 4.31. The fourth-order valence-electron chi connectivity index (χ4n) is 0.704. The van der Waals surface area contributed by atoms with Crippen molar-refractivity contribution in [2.75, 3.05) is 13.2 Å². The van der Waals surface area contributed by atoms with E-state index in [1.54, 1.807) is 0 Å². The predicted molar refractivity (Wildman–Crippen MR) is 58.7 cm³/mol. The Hall–Kier alpha value is -0.0400. The molecule has 0 unspecified atom stereocenters. The van der Waals surface area contributed by atoms with E-state index < -0.39 is 0 Å². The van der Waals surface area contributed by atoms with Crippen LogP contribution in [0.1, 0.15) is 60.8 Å². The fraction of sp³-hybridized carbons (Fsp3) is 1.00. The molecule has 0 aliphatic rings. The van der Waals surface area contributed by atoms with Crippen LogP contribution in [0.2, 0.25) is 0 Å². The van der Waals surface area contributed by atoms with Crippen molar-refractivity contribution in [3.8, 4) is 0 Å². The topological polar surface area (TPSA) is 9.23 Å². The first-order chi connectivity index (χ1) is 5.33. The molecular formula is C11H28O. The van der Waals surface area contributed by atoms with Crippen LogP contribution in [0.3, 0.4) is 0 Å². The molecule has 0 aliphatic carbocycles. The predicted octanol–water partition coefficient (Wildman–Crippen LogP) is 4.27. The Labute approximate surface area is 79.5 Å². The van der Waals surface area contributed by atoms with Crippen LogP contribution in [0.4, 0.5) is 0 Å². The smallest absolute Gasteiger partial charge is 0.0437 e. The lowest BCUT2D eigenvalue weighted by atomic mass is 10.2. The van der Waals surface area contributed by atoms with Gasteiger partial charge in [0.05, 0.1) is 0 Å². The third kappa shape index (κ3) is 32.5. The average Bonchev–Trinajstić information content (AvgIpc) is 2.04.